The minimum Gasteiger partial charge on any atom is -0.393 e. The van der Waals surface area contributed by atoms with Gasteiger partial charge in [-0.05, 0) is 82.0 Å². The van der Waals surface area contributed by atoms with Gasteiger partial charge < -0.3 is 20.6 Å². The predicted molar refractivity (Wildman–Crippen MR) is 134 cm³/mol. The highest BCUT2D eigenvalue weighted by Gasteiger charge is 2.28. The smallest absolute Gasteiger partial charge is 0.229 e. The molecule has 0 radical (unpaired) electrons. The van der Waals surface area contributed by atoms with Crippen molar-refractivity contribution in [2.45, 2.75) is 84.3 Å². The van der Waals surface area contributed by atoms with Crippen LogP contribution in [0.4, 0.5) is 17.5 Å². The number of piperidine rings is 1. The number of aliphatic hydroxyl groups is 1. The van der Waals surface area contributed by atoms with Gasteiger partial charge in [-0.2, -0.15) is 4.98 Å². The number of nitrogens with zero attached hydrogens (tertiary/aromatic N) is 4. The van der Waals surface area contributed by atoms with Gasteiger partial charge in [-0.15, -0.1) is 0 Å². The molecule has 7 heteroatoms. The molecule has 1 saturated carbocycles. The van der Waals surface area contributed by atoms with Gasteiger partial charge in [-0.1, -0.05) is 20.8 Å². The second-order valence-corrected chi connectivity index (χ2v) is 11.1. The largest absolute Gasteiger partial charge is 0.393 e. The van der Waals surface area contributed by atoms with E-state index in [0.717, 1.165) is 75.4 Å². The number of likely N-dealkylation sites (tertiary alicyclic amines) is 1. The van der Waals surface area contributed by atoms with Crippen LogP contribution < -0.4 is 10.6 Å². The topological polar surface area (TPSA) is 86.2 Å². The fourth-order valence-corrected chi connectivity index (χ4v) is 5.10. The standard InChI is InChI=1S/C26H40N6O/c1-18-15-21(9-12-27-18)30-25-28-16-23(19-10-13-32(14-11-19)17-26(2,3)4)24(31-25)29-20-5-7-22(33)8-6-20/h9,12,15-16,19-20,22,33H,5-8,10-11,13-14,17H2,1-4H3,(H2,27,28,29,30,31). The van der Waals surface area contributed by atoms with Crippen molar-refractivity contribution in [1.82, 2.24) is 19.9 Å². The maximum absolute atomic E-state index is 9.91. The van der Waals surface area contributed by atoms with Crippen LogP contribution in [0.1, 0.15) is 76.5 Å². The van der Waals surface area contributed by atoms with Crippen molar-refractivity contribution in [3.05, 3.63) is 35.8 Å². The Labute approximate surface area is 198 Å². The molecule has 1 aliphatic heterocycles. The third kappa shape index (κ3) is 6.87. The fraction of sp³-hybridized carbons (Fsp3) is 0.654. The molecule has 0 atom stereocenters. The first-order valence-electron chi connectivity index (χ1n) is 12.5. The molecule has 2 aliphatic rings. The van der Waals surface area contributed by atoms with E-state index in [-0.39, 0.29) is 6.10 Å². The summed E-state index contributed by atoms with van der Waals surface area (Å²) < 4.78 is 0. The molecule has 1 aliphatic carbocycles. The average molecular weight is 453 g/mol. The van der Waals surface area contributed by atoms with Crippen LogP contribution in [0.5, 0.6) is 0 Å². The lowest BCUT2D eigenvalue weighted by atomic mass is 9.88. The fourth-order valence-electron chi connectivity index (χ4n) is 5.10. The third-order valence-electron chi connectivity index (χ3n) is 6.73. The second-order valence-electron chi connectivity index (χ2n) is 11.1. The van der Waals surface area contributed by atoms with Crippen LogP contribution in [0.25, 0.3) is 0 Å². The van der Waals surface area contributed by atoms with Gasteiger partial charge in [0.25, 0.3) is 0 Å². The molecule has 1 saturated heterocycles. The molecule has 0 amide bonds. The second kappa shape index (κ2) is 10.3. The minimum absolute atomic E-state index is 0.160. The van der Waals surface area contributed by atoms with Crippen molar-refractivity contribution in [2.24, 2.45) is 5.41 Å². The molecule has 0 aromatic carbocycles. The number of pyridine rings is 1. The Balaban J connectivity index is 1.51. The number of hydrogen-bond donors (Lipinski definition) is 3. The Kier molecular flexibility index (Phi) is 7.49. The normalized spacial score (nSPS) is 22.8. The molecule has 2 aromatic rings. The number of aryl methyl sites for hydroxylation is 1. The predicted octanol–water partition coefficient (Wildman–Crippen LogP) is 4.86. The van der Waals surface area contributed by atoms with Gasteiger partial charge in [-0.25, -0.2) is 4.98 Å². The van der Waals surface area contributed by atoms with Gasteiger partial charge in [0, 0.05) is 41.9 Å². The van der Waals surface area contributed by atoms with E-state index in [0.29, 0.717) is 23.3 Å². The maximum Gasteiger partial charge on any atom is 0.229 e. The summed E-state index contributed by atoms with van der Waals surface area (Å²) in [5.41, 5.74) is 3.45. The molecular weight excluding hydrogens is 412 g/mol. The molecule has 4 rings (SSSR count). The lowest BCUT2D eigenvalue weighted by molar-refractivity contribution is 0.126. The van der Waals surface area contributed by atoms with Crippen LogP contribution in [-0.4, -0.2) is 56.7 Å². The van der Waals surface area contributed by atoms with Crippen molar-refractivity contribution < 1.29 is 5.11 Å². The average Bonchev–Trinajstić information content (AvgIpc) is 2.75. The Hall–Kier alpha value is -2.25. The van der Waals surface area contributed by atoms with Crippen LogP contribution in [0.2, 0.25) is 0 Å². The highest BCUT2D eigenvalue weighted by molar-refractivity contribution is 5.57. The molecule has 0 bridgehead atoms. The summed E-state index contributed by atoms with van der Waals surface area (Å²) in [7, 11) is 0. The van der Waals surface area contributed by atoms with E-state index >= 15 is 0 Å². The third-order valence-corrected chi connectivity index (χ3v) is 6.73. The SMILES string of the molecule is Cc1cc(Nc2ncc(C3CCN(CC(C)(C)C)CC3)c(NC3CCC(O)CC3)n2)ccn1. The zero-order valence-corrected chi connectivity index (χ0v) is 20.6. The van der Waals surface area contributed by atoms with Crippen molar-refractivity contribution in [2.75, 3.05) is 30.3 Å². The van der Waals surface area contributed by atoms with Gasteiger partial charge in [0.2, 0.25) is 5.95 Å². The van der Waals surface area contributed by atoms with E-state index < -0.39 is 0 Å². The summed E-state index contributed by atoms with van der Waals surface area (Å²) in [6, 6.07) is 4.28. The van der Waals surface area contributed by atoms with Gasteiger partial charge in [0.1, 0.15) is 5.82 Å². The van der Waals surface area contributed by atoms with Gasteiger partial charge in [0.05, 0.1) is 6.10 Å². The first-order chi connectivity index (χ1) is 15.7. The summed E-state index contributed by atoms with van der Waals surface area (Å²) >= 11 is 0. The van der Waals surface area contributed by atoms with Crippen molar-refractivity contribution in [3.8, 4) is 0 Å². The minimum atomic E-state index is -0.160. The van der Waals surface area contributed by atoms with E-state index in [2.05, 4.69) is 46.3 Å². The van der Waals surface area contributed by atoms with E-state index in [4.69, 9.17) is 4.98 Å². The zero-order valence-electron chi connectivity index (χ0n) is 20.6. The maximum atomic E-state index is 9.91. The Morgan fingerprint density at radius 1 is 1.06 bits per heavy atom. The molecule has 3 heterocycles. The molecule has 3 N–H and O–H groups in total. The van der Waals surface area contributed by atoms with Crippen molar-refractivity contribution >= 4 is 17.5 Å². The highest BCUT2D eigenvalue weighted by atomic mass is 16.3. The van der Waals surface area contributed by atoms with Crippen LogP contribution in [-0.2, 0) is 0 Å². The van der Waals surface area contributed by atoms with Crippen LogP contribution in [0, 0.1) is 12.3 Å². The monoisotopic (exact) mass is 452 g/mol. The van der Waals surface area contributed by atoms with Crippen LogP contribution >= 0.6 is 0 Å². The molecule has 7 nitrogen and oxygen atoms in total. The first-order valence-corrected chi connectivity index (χ1v) is 12.5. The molecule has 33 heavy (non-hydrogen) atoms. The Bertz CT molecular complexity index is 911. The summed E-state index contributed by atoms with van der Waals surface area (Å²) in [6.45, 7) is 12.3. The Morgan fingerprint density at radius 2 is 1.79 bits per heavy atom. The number of rotatable bonds is 6. The summed E-state index contributed by atoms with van der Waals surface area (Å²) in [5, 5.41) is 17.0. The number of aromatic nitrogens is 3. The van der Waals surface area contributed by atoms with Crippen molar-refractivity contribution in [3.63, 3.8) is 0 Å². The summed E-state index contributed by atoms with van der Waals surface area (Å²) in [4.78, 5) is 16.5. The number of hydrogen-bond acceptors (Lipinski definition) is 7. The molecule has 0 spiro atoms. The molecule has 2 fully saturated rings. The summed E-state index contributed by atoms with van der Waals surface area (Å²) in [6.07, 6.45) is 9.57. The van der Waals surface area contributed by atoms with Gasteiger partial charge in [0.15, 0.2) is 0 Å². The number of anilines is 3. The van der Waals surface area contributed by atoms with E-state index in [9.17, 15) is 5.11 Å². The van der Waals surface area contributed by atoms with E-state index in [1.54, 1.807) is 6.20 Å². The Morgan fingerprint density at radius 3 is 2.45 bits per heavy atom. The lowest BCUT2D eigenvalue weighted by Crippen LogP contribution is -2.38. The quantitative estimate of drug-likeness (QED) is 0.577. The van der Waals surface area contributed by atoms with E-state index in [1.807, 2.05) is 25.3 Å². The highest BCUT2D eigenvalue weighted by Crippen LogP contribution is 2.34. The van der Waals surface area contributed by atoms with Crippen molar-refractivity contribution in [1.29, 1.82) is 0 Å². The van der Waals surface area contributed by atoms with Gasteiger partial charge >= 0.3 is 0 Å². The molecular formula is C26H40N6O. The van der Waals surface area contributed by atoms with E-state index in [1.165, 1.54) is 5.56 Å². The zero-order chi connectivity index (χ0) is 23.4. The summed E-state index contributed by atoms with van der Waals surface area (Å²) in [5.74, 6) is 2.02. The molecule has 0 unspecified atom stereocenters. The van der Waals surface area contributed by atoms with Crippen LogP contribution in [0.3, 0.4) is 0 Å². The number of aliphatic hydroxyl groups excluding tert-OH is 1. The first kappa shape index (κ1) is 23.9. The molecule has 2 aromatic heterocycles. The van der Waals surface area contributed by atoms with Crippen LogP contribution in [0.15, 0.2) is 24.5 Å². The number of nitrogens with one attached hydrogen (secondary N) is 2. The molecule has 180 valence electrons. The lowest BCUT2D eigenvalue weighted by Gasteiger charge is -2.36. The van der Waals surface area contributed by atoms with Gasteiger partial charge in [-0.3, -0.25) is 4.98 Å².